The summed E-state index contributed by atoms with van der Waals surface area (Å²) in [5.41, 5.74) is 6.59. The molecule has 0 bridgehead atoms. The number of rotatable bonds is 6. The van der Waals surface area contributed by atoms with Crippen LogP contribution >= 0.6 is 0 Å². The van der Waals surface area contributed by atoms with Gasteiger partial charge in [-0.25, -0.2) is 4.98 Å². The quantitative estimate of drug-likeness (QED) is 0.491. The fourth-order valence-corrected chi connectivity index (χ4v) is 4.87. The molecular formula is C27H29N5O. The van der Waals surface area contributed by atoms with E-state index < -0.39 is 0 Å². The van der Waals surface area contributed by atoms with Crippen LogP contribution in [-0.4, -0.2) is 63.9 Å². The Bertz CT molecular complexity index is 1240. The van der Waals surface area contributed by atoms with E-state index in [4.69, 9.17) is 10.1 Å². The average molecular weight is 440 g/mol. The summed E-state index contributed by atoms with van der Waals surface area (Å²) >= 11 is 0. The third-order valence-electron chi connectivity index (χ3n) is 6.81. The minimum Gasteiger partial charge on any atom is -0.395 e. The standard InChI is InChI=1S/C27H29N5O/c33-18-17-30-13-15-31(16-14-30)24-19-23(20-7-3-1-4-8-20)28-27-25(21-9-5-2-6-10-21)26(22-11-12-22)29-32(24)27/h1-10,19,22,33H,11-18H2. The third-order valence-corrected chi connectivity index (χ3v) is 6.81. The summed E-state index contributed by atoms with van der Waals surface area (Å²) < 4.78 is 2.09. The van der Waals surface area contributed by atoms with Gasteiger partial charge < -0.3 is 10.0 Å². The number of benzene rings is 2. The summed E-state index contributed by atoms with van der Waals surface area (Å²) in [5, 5.41) is 14.5. The number of fused-ring (bicyclic) bond motifs is 1. The zero-order chi connectivity index (χ0) is 22.2. The van der Waals surface area contributed by atoms with Gasteiger partial charge in [-0.05, 0) is 18.4 Å². The number of aliphatic hydroxyl groups excluding tert-OH is 1. The van der Waals surface area contributed by atoms with Crippen molar-refractivity contribution >= 4 is 11.5 Å². The van der Waals surface area contributed by atoms with Gasteiger partial charge in [0.15, 0.2) is 5.65 Å². The van der Waals surface area contributed by atoms with Crippen LogP contribution in [0.4, 0.5) is 5.82 Å². The van der Waals surface area contributed by atoms with Crippen LogP contribution in [0.1, 0.15) is 24.5 Å². The lowest BCUT2D eigenvalue weighted by molar-refractivity contribution is 0.188. The molecule has 0 amide bonds. The van der Waals surface area contributed by atoms with Crippen LogP contribution in [0.5, 0.6) is 0 Å². The lowest BCUT2D eigenvalue weighted by Gasteiger charge is -2.35. The molecule has 1 saturated carbocycles. The molecule has 1 saturated heterocycles. The van der Waals surface area contributed by atoms with Crippen molar-refractivity contribution in [2.75, 3.05) is 44.2 Å². The molecule has 2 aromatic carbocycles. The molecule has 1 aliphatic heterocycles. The Morgan fingerprint density at radius 1 is 0.848 bits per heavy atom. The minimum absolute atomic E-state index is 0.210. The zero-order valence-corrected chi connectivity index (χ0v) is 18.8. The Morgan fingerprint density at radius 2 is 1.52 bits per heavy atom. The molecule has 2 aliphatic rings. The van der Waals surface area contributed by atoms with Gasteiger partial charge in [0.1, 0.15) is 5.82 Å². The van der Waals surface area contributed by atoms with Crippen LogP contribution in [0.3, 0.4) is 0 Å². The summed E-state index contributed by atoms with van der Waals surface area (Å²) in [5.74, 6) is 1.63. The normalized spacial score (nSPS) is 17.1. The van der Waals surface area contributed by atoms with Crippen molar-refractivity contribution in [3.8, 4) is 22.4 Å². The van der Waals surface area contributed by atoms with Gasteiger partial charge >= 0.3 is 0 Å². The molecule has 0 radical (unpaired) electrons. The molecule has 6 nitrogen and oxygen atoms in total. The smallest absolute Gasteiger partial charge is 0.166 e. The second-order valence-corrected chi connectivity index (χ2v) is 9.05. The maximum absolute atomic E-state index is 9.33. The molecule has 3 heterocycles. The number of hydrogen-bond donors (Lipinski definition) is 1. The molecule has 4 aromatic rings. The number of anilines is 1. The molecule has 0 spiro atoms. The van der Waals surface area contributed by atoms with E-state index in [0.29, 0.717) is 5.92 Å². The second kappa shape index (κ2) is 8.61. The maximum Gasteiger partial charge on any atom is 0.166 e. The van der Waals surface area contributed by atoms with Crippen molar-refractivity contribution in [2.24, 2.45) is 0 Å². The predicted molar refractivity (Wildman–Crippen MR) is 132 cm³/mol. The van der Waals surface area contributed by atoms with Crippen molar-refractivity contribution in [3.63, 3.8) is 0 Å². The van der Waals surface area contributed by atoms with Gasteiger partial charge in [0.25, 0.3) is 0 Å². The number of aliphatic hydroxyl groups is 1. The Kier molecular flexibility index (Phi) is 5.32. The van der Waals surface area contributed by atoms with Crippen LogP contribution in [-0.2, 0) is 0 Å². The Balaban J connectivity index is 1.53. The molecule has 168 valence electrons. The van der Waals surface area contributed by atoms with Crippen molar-refractivity contribution in [2.45, 2.75) is 18.8 Å². The Hall–Kier alpha value is -3.22. The summed E-state index contributed by atoms with van der Waals surface area (Å²) in [6.07, 6.45) is 2.40. The number of nitrogens with zero attached hydrogens (tertiary/aromatic N) is 5. The topological polar surface area (TPSA) is 56.9 Å². The van der Waals surface area contributed by atoms with Crippen molar-refractivity contribution < 1.29 is 5.11 Å². The highest BCUT2D eigenvalue weighted by Crippen LogP contribution is 2.45. The summed E-state index contributed by atoms with van der Waals surface area (Å²) in [4.78, 5) is 9.93. The monoisotopic (exact) mass is 439 g/mol. The molecule has 2 fully saturated rings. The predicted octanol–water partition coefficient (Wildman–Crippen LogP) is 4.06. The lowest BCUT2D eigenvalue weighted by Crippen LogP contribution is -2.47. The van der Waals surface area contributed by atoms with Crippen molar-refractivity contribution in [1.29, 1.82) is 0 Å². The van der Waals surface area contributed by atoms with E-state index in [-0.39, 0.29) is 6.61 Å². The molecule has 6 heteroatoms. The molecule has 6 rings (SSSR count). The first kappa shape index (κ1) is 20.4. The van der Waals surface area contributed by atoms with E-state index in [2.05, 4.69) is 75.0 Å². The minimum atomic E-state index is 0.210. The van der Waals surface area contributed by atoms with Gasteiger partial charge in [0, 0.05) is 50.3 Å². The van der Waals surface area contributed by atoms with E-state index in [0.717, 1.165) is 55.4 Å². The van der Waals surface area contributed by atoms with Gasteiger partial charge in [-0.3, -0.25) is 4.90 Å². The van der Waals surface area contributed by atoms with Crippen molar-refractivity contribution in [1.82, 2.24) is 19.5 Å². The van der Waals surface area contributed by atoms with Gasteiger partial charge in [-0.1, -0.05) is 60.7 Å². The fraction of sp³-hybridized carbons (Fsp3) is 0.333. The number of aromatic nitrogens is 3. The molecule has 33 heavy (non-hydrogen) atoms. The average Bonchev–Trinajstić information content (AvgIpc) is 3.65. The number of piperazine rings is 1. The van der Waals surface area contributed by atoms with E-state index in [1.165, 1.54) is 29.7 Å². The van der Waals surface area contributed by atoms with Crippen LogP contribution < -0.4 is 4.90 Å². The molecule has 1 aliphatic carbocycles. The second-order valence-electron chi connectivity index (χ2n) is 9.05. The lowest BCUT2D eigenvalue weighted by atomic mass is 10.0. The fourth-order valence-electron chi connectivity index (χ4n) is 4.87. The van der Waals surface area contributed by atoms with E-state index >= 15 is 0 Å². The largest absolute Gasteiger partial charge is 0.395 e. The highest BCUT2D eigenvalue weighted by Gasteiger charge is 2.33. The molecular weight excluding hydrogens is 410 g/mol. The Labute approximate surface area is 194 Å². The SMILES string of the molecule is OCCN1CCN(c2cc(-c3ccccc3)nc3c(-c4ccccc4)c(C4CC4)nn23)CC1. The van der Waals surface area contributed by atoms with Gasteiger partial charge in [-0.2, -0.15) is 9.61 Å². The van der Waals surface area contributed by atoms with Crippen molar-refractivity contribution in [3.05, 3.63) is 72.4 Å². The number of hydrogen-bond acceptors (Lipinski definition) is 5. The van der Waals surface area contributed by atoms with Gasteiger partial charge in [0.05, 0.1) is 23.6 Å². The Morgan fingerprint density at radius 3 is 2.15 bits per heavy atom. The molecule has 2 aromatic heterocycles. The first-order valence-electron chi connectivity index (χ1n) is 11.9. The van der Waals surface area contributed by atoms with E-state index in [1.54, 1.807) is 0 Å². The maximum atomic E-state index is 9.33. The van der Waals surface area contributed by atoms with Crippen LogP contribution in [0.15, 0.2) is 66.7 Å². The first-order chi connectivity index (χ1) is 16.3. The number of β-amino-alcohol motifs (C(OH)–C–C–N with tert-alkyl or cyclic N) is 1. The van der Waals surface area contributed by atoms with Crippen LogP contribution in [0.2, 0.25) is 0 Å². The first-order valence-corrected chi connectivity index (χ1v) is 11.9. The molecule has 1 N–H and O–H groups in total. The van der Waals surface area contributed by atoms with Gasteiger partial charge in [-0.15, -0.1) is 0 Å². The zero-order valence-electron chi connectivity index (χ0n) is 18.8. The van der Waals surface area contributed by atoms with E-state index in [9.17, 15) is 5.11 Å². The molecule has 0 unspecified atom stereocenters. The highest BCUT2D eigenvalue weighted by molar-refractivity contribution is 5.83. The summed E-state index contributed by atoms with van der Waals surface area (Å²) in [7, 11) is 0. The highest BCUT2D eigenvalue weighted by atomic mass is 16.3. The third kappa shape index (κ3) is 3.90. The molecule has 0 atom stereocenters. The summed E-state index contributed by atoms with van der Waals surface area (Å²) in [6, 6.07) is 23.2. The van der Waals surface area contributed by atoms with E-state index in [1.807, 2.05) is 6.07 Å². The van der Waals surface area contributed by atoms with Crippen LogP contribution in [0.25, 0.3) is 28.0 Å². The van der Waals surface area contributed by atoms with Gasteiger partial charge in [0.2, 0.25) is 0 Å². The summed E-state index contributed by atoms with van der Waals surface area (Å²) in [6.45, 7) is 4.64. The van der Waals surface area contributed by atoms with Crippen LogP contribution in [0, 0.1) is 0 Å².